The molecule has 25 heavy (non-hydrogen) atoms. The van der Waals surface area contributed by atoms with E-state index >= 15 is 0 Å². The molecule has 1 N–H and O–H groups in total. The number of halogens is 1. The fraction of sp³-hybridized carbons (Fsp3) is 0.412. The van der Waals surface area contributed by atoms with Crippen molar-refractivity contribution < 1.29 is 23.6 Å². The maximum absolute atomic E-state index is 13.3. The first-order chi connectivity index (χ1) is 11.9. The summed E-state index contributed by atoms with van der Waals surface area (Å²) in [6.07, 6.45) is 0.914. The standard InChI is InChI=1S/C17H20FN3O4/c1-11-10-12(5-6-13(11)18)17-19-14(25-20-17)7-8-15(22)21(2)9-3-4-16(23)24/h5-6,10H,3-4,7-9H2,1-2H3,(H,23,24). The Balaban J connectivity index is 1.87. The Bertz CT molecular complexity index is 760. The van der Waals surface area contributed by atoms with Crippen LogP contribution in [0.1, 0.15) is 30.7 Å². The van der Waals surface area contributed by atoms with Crippen molar-refractivity contribution in [2.75, 3.05) is 13.6 Å². The Kier molecular flexibility index (Phi) is 6.21. The van der Waals surface area contributed by atoms with Gasteiger partial charge in [-0.1, -0.05) is 5.16 Å². The van der Waals surface area contributed by atoms with Gasteiger partial charge in [0.15, 0.2) is 0 Å². The van der Waals surface area contributed by atoms with Crippen molar-refractivity contribution in [2.45, 2.75) is 32.6 Å². The van der Waals surface area contributed by atoms with Crippen LogP contribution in [0, 0.1) is 12.7 Å². The summed E-state index contributed by atoms with van der Waals surface area (Å²) in [5.41, 5.74) is 1.13. The van der Waals surface area contributed by atoms with E-state index in [9.17, 15) is 14.0 Å². The minimum Gasteiger partial charge on any atom is -0.481 e. The van der Waals surface area contributed by atoms with Crippen molar-refractivity contribution >= 4 is 11.9 Å². The number of carbonyl (C=O) groups is 2. The molecule has 0 unspecified atom stereocenters. The Morgan fingerprint density at radius 3 is 2.76 bits per heavy atom. The molecular formula is C17H20FN3O4. The molecular weight excluding hydrogens is 329 g/mol. The van der Waals surface area contributed by atoms with E-state index in [1.54, 1.807) is 26.1 Å². The highest BCUT2D eigenvalue weighted by Gasteiger charge is 2.14. The largest absolute Gasteiger partial charge is 0.481 e. The van der Waals surface area contributed by atoms with Gasteiger partial charge < -0.3 is 14.5 Å². The van der Waals surface area contributed by atoms with Crippen molar-refractivity contribution in [1.82, 2.24) is 15.0 Å². The van der Waals surface area contributed by atoms with Gasteiger partial charge in [0, 0.05) is 38.4 Å². The zero-order chi connectivity index (χ0) is 18.4. The van der Waals surface area contributed by atoms with Gasteiger partial charge in [-0.15, -0.1) is 0 Å². The zero-order valence-corrected chi connectivity index (χ0v) is 14.2. The van der Waals surface area contributed by atoms with Gasteiger partial charge in [0.1, 0.15) is 5.82 Å². The van der Waals surface area contributed by atoms with Crippen LogP contribution < -0.4 is 0 Å². The number of carbonyl (C=O) groups excluding carboxylic acids is 1. The quantitative estimate of drug-likeness (QED) is 0.786. The third-order valence-electron chi connectivity index (χ3n) is 3.75. The third kappa shape index (κ3) is 5.37. The molecule has 1 amide bonds. The molecule has 0 aliphatic rings. The first-order valence-corrected chi connectivity index (χ1v) is 7.91. The molecule has 2 aromatic rings. The summed E-state index contributed by atoms with van der Waals surface area (Å²) in [5, 5.41) is 12.4. The van der Waals surface area contributed by atoms with Crippen LogP contribution in [-0.2, 0) is 16.0 Å². The number of carboxylic acids is 1. The number of carboxylic acid groups (broad SMARTS) is 1. The first kappa shape index (κ1) is 18.6. The number of aromatic nitrogens is 2. The van der Waals surface area contributed by atoms with Crippen molar-refractivity contribution in [1.29, 1.82) is 0 Å². The Morgan fingerprint density at radius 2 is 2.08 bits per heavy atom. The lowest BCUT2D eigenvalue weighted by molar-refractivity contribution is -0.138. The van der Waals surface area contributed by atoms with Crippen molar-refractivity contribution in [3.63, 3.8) is 0 Å². The summed E-state index contributed by atoms with van der Waals surface area (Å²) < 4.78 is 18.4. The van der Waals surface area contributed by atoms with Crippen LogP contribution in [0.15, 0.2) is 22.7 Å². The molecule has 0 saturated carbocycles. The molecule has 0 spiro atoms. The maximum Gasteiger partial charge on any atom is 0.303 e. The molecule has 7 nitrogen and oxygen atoms in total. The summed E-state index contributed by atoms with van der Waals surface area (Å²) in [5.74, 6) is -0.633. The molecule has 0 aliphatic carbocycles. The van der Waals surface area contributed by atoms with Crippen LogP contribution in [0.25, 0.3) is 11.4 Å². The molecule has 8 heteroatoms. The number of hydrogen-bond donors (Lipinski definition) is 1. The Hall–Kier alpha value is -2.77. The normalized spacial score (nSPS) is 10.7. The van der Waals surface area contributed by atoms with Gasteiger partial charge in [-0.05, 0) is 37.1 Å². The van der Waals surface area contributed by atoms with Crippen LogP contribution in [0.3, 0.4) is 0 Å². The van der Waals surface area contributed by atoms with E-state index in [0.29, 0.717) is 35.8 Å². The lowest BCUT2D eigenvalue weighted by Gasteiger charge is -2.15. The highest BCUT2D eigenvalue weighted by molar-refractivity contribution is 5.76. The number of amides is 1. The topological polar surface area (TPSA) is 96.5 Å². The molecule has 0 saturated heterocycles. The molecule has 134 valence electrons. The average molecular weight is 349 g/mol. The second-order valence-corrected chi connectivity index (χ2v) is 5.79. The summed E-state index contributed by atoms with van der Waals surface area (Å²) in [7, 11) is 1.63. The predicted molar refractivity (Wildman–Crippen MR) is 87.3 cm³/mol. The van der Waals surface area contributed by atoms with Gasteiger partial charge in [-0.3, -0.25) is 9.59 Å². The smallest absolute Gasteiger partial charge is 0.303 e. The highest BCUT2D eigenvalue weighted by atomic mass is 19.1. The van der Waals surface area contributed by atoms with E-state index < -0.39 is 5.97 Å². The summed E-state index contributed by atoms with van der Waals surface area (Å²) in [4.78, 5) is 28.2. The van der Waals surface area contributed by atoms with Gasteiger partial charge in [0.2, 0.25) is 17.6 Å². The number of aryl methyl sites for hydroxylation is 2. The van der Waals surface area contributed by atoms with E-state index in [4.69, 9.17) is 9.63 Å². The van der Waals surface area contributed by atoms with E-state index in [0.717, 1.165) is 0 Å². The monoisotopic (exact) mass is 349 g/mol. The highest BCUT2D eigenvalue weighted by Crippen LogP contribution is 2.19. The van der Waals surface area contributed by atoms with E-state index in [1.807, 2.05) is 0 Å². The molecule has 2 rings (SSSR count). The van der Waals surface area contributed by atoms with Gasteiger partial charge in [0.05, 0.1) is 0 Å². The Morgan fingerprint density at radius 1 is 1.32 bits per heavy atom. The lowest BCUT2D eigenvalue weighted by atomic mass is 10.1. The Labute approximate surface area is 144 Å². The molecule has 0 bridgehead atoms. The molecule has 0 radical (unpaired) electrons. The summed E-state index contributed by atoms with van der Waals surface area (Å²) >= 11 is 0. The van der Waals surface area contributed by atoms with Crippen molar-refractivity contribution in [3.05, 3.63) is 35.5 Å². The number of benzene rings is 1. The number of nitrogens with zero attached hydrogens (tertiary/aromatic N) is 3. The van der Waals surface area contributed by atoms with Crippen LogP contribution in [0.5, 0.6) is 0 Å². The molecule has 0 atom stereocenters. The summed E-state index contributed by atoms with van der Waals surface area (Å²) in [6.45, 7) is 2.04. The average Bonchev–Trinajstić information content (AvgIpc) is 3.03. The second kappa shape index (κ2) is 8.36. The van der Waals surface area contributed by atoms with Crippen LogP contribution in [-0.4, -0.2) is 45.6 Å². The maximum atomic E-state index is 13.3. The van der Waals surface area contributed by atoms with E-state index in [2.05, 4.69) is 10.1 Å². The zero-order valence-electron chi connectivity index (χ0n) is 14.2. The van der Waals surface area contributed by atoms with Gasteiger partial charge >= 0.3 is 5.97 Å². The fourth-order valence-electron chi connectivity index (χ4n) is 2.25. The third-order valence-corrected chi connectivity index (χ3v) is 3.75. The van der Waals surface area contributed by atoms with Gasteiger partial charge in [-0.2, -0.15) is 4.98 Å². The number of aliphatic carboxylic acids is 1. The fourth-order valence-corrected chi connectivity index (χ4v) is 2.25. The van der Waals surface area contributed by atoms with Gasteiger partial charge in [0.25, 0.3) is 0 Å². The van der Waals surface area contributed by atoms with Crippen molar-refractivity contribution in [2.24, 2.45) is 0 Å². The summed E-state index contributed by atoms with van der Waals surface area (Å²) in [6, 6.07) is 4.54. The SMILES string of the molecule is Cc1cc(-c2noc(CCC(=O)N(C)CCCC(=O)O)n2)ccc1F. The van der Waals surface area contributed by atoms with E-state index in [1.165, 1.54) is 11.0 Å². The van der Waals surface area contributed by atoms with Crippen LogP contribution >= 0.6 is 0 Å². The second-order valence-electron chi connectivity index (χ2n) is 5.79. The number of rotatable bonds is 8. The minimum atomic E-state index is -0.879. The first-order valence-electron chi connectivity index (χ1n) is 7.91. The van der Waals surface area contributed by atoms with Crippen LogP contribution in [0.2, 0.25) is 0 Å². The van der Waals surface area contributed by atoms with E-state index in [-0.39, 0.29) is 31.0 Å². The minimum absolute atomic E-state index is 0.0295. The lowest BCUT2D eigenvalue weighted by Crippen LogP contribution is -2.28. The molecule has 1 aromatic heterocycles. The number of hydrogen-bond acceptors (Lipinski definition) is 5. The molecule has 0 fully saturated rings. The molecule has 0 aliphatic heterocycles. The van der Waals surface area contributed by atoms with Gasteiger partial charge in [-0.25, -0.2) is 4.39 Å². The predicted octanol–water partition coefficient (Wildman–Crippen LogP) is 2.44. The molecule has 1 heterocycles. The van der Waals surface area contributed by atoms with Crippen LogP contribution in [0.4, 0.5) is 4.39 Å². The van der Waals surface area contributed by atoms with Crippen molar-refractivity contribution in [3.8, 4) is 11.4 Å². The molecule has 1 aromatic carbocycles.